The number of rotatable bonds is 2. The Bertz CT molecular complexity index is 507. The van der Waals surface area contributed by atoms with Crippen LogP contribution in [0.3, 0.4) is 0 Å². The lowest BCUT2D eigenvalue weighted by Crippen LogP contribution is -2.28. The molecular formula is C15H19N3. The van der Waals surface area contributed by atoms with E-state index < -0.39 is 0 Å². The molecule has 0 amide bonds. The van der Waals surface area contributed by atoms with Crippen molar-refractivity contribution in [2.75, 3.05) is 13.1 Å². The van der Waals surface area contributed by atoms with Crippen LogP contribution in [0.2, 0.25) is 0 Å². The van der Waals surface area contributed by atoms with Crippen molar-refractivity contribution in [3.8, 4) is 11.3 Å². The zero-order valence-electron chi connectivity index (χ0n) is 10.7. The van der Waals surface area contributed by atoms with Crippen LogP contribution in [0, 0.1) is 6.92 Å². The van der Waals surface area contributed by atoms with Crippen molar-refractivity contribution in [2.24, 2.45) is 0 Å². The van der Waals surface area contributed by atoms with E-state index in [-0.39, 0.29) is 0 Å². The summed E-state index contributed by atoms with van der Waals surface area (Å²) in [5.41, 5.74) is 3.62. The first-order chi connectivity index (χ1) is 8.83. The fourth-order valence-corrected chi connectivity index (χ4v) is 2.51. The Morgan fingerprint density at radius 2 is 2.06 bits per heavy atom. The highest BCUT2D eigenvalue weighted by molar-refractivity contribution is 5.58. The molecule has 1 aliphatic rings. The van der Waals surface area contributed by atoms with E-state index in [1.54, 1.807) is 0 Å². The Labute approximate surface area is 108 Å². The van der Waals surface area contributed by atoms with Gasteiger partial charge in [-0.25, -0.2) is 4.98 Å². The largest absolute Gasteiger partial charge is 0.342 e. The topological polar surface area (TPSA) is 40.7 Å². The number of aromatic nitrogens is 2. The number of piperidine rings is 1. The van der Waals surface area contributed by atoms with E-state index in [0.717, 1.165) is 24.6 Å². The highest BCUT2D eigenvalue weighted by Gasteiger charge is 2.18. The molecule has 1 fully saturated rings. The van der Waals surface area contributed by atoms with Crippen LogP contribution in [0.15, 0.2) is 30.5 Å². The molecule has 1 unspecified atom stereocenters. The number of nitrogens with one attached hydrogen (secondary N) is 2. The van der Waals surface area contributed by atoms with Gasteiger partial charge in [-0.1, -0.05) is 29.8 Å². The molecule has 0 bridgehead atoms. The van der Waals surface area contributed by atoms with E-state index in [0.29, 0.717) is 5.92 Å². The maximum Gasteiger partial charge on any atom is 0.110 e. The SMILES string of the molecule is Cc1ccc(-c2cnc(C3CCCNC3)[nH]2)cc1. The number of aryl methyl sites for hydroxylation is 1. The van der Waals surface area contributed by atoms with E-state index in [1.807, 2.05) is 6.20 Å². The third-order valence-electron chi connectivity index (χ3n) is 3.64. The van der Waals surface area contributed by atoms with Crippen LogP contribution in [0.1, 0.15) is 30.1 Å². The van der Waals surface area contributed by atoms with Gasteiger partial charge in [0.2, 0.25) is 0 Å². The lowest BCUT2D eigenvalue weighted by atomic mass is 9.99. The minimum absolute atomic E-state index is 0.540. The van der Waals surface area contributed by atoms with Crippen molar-refractivity contribution in [1.29, 1.82) is 0 Å². The maximum absolute atomic E-state index is 4.54. The summed E-state index contributed by atoms with van der Waals surface area (Å²) in [5.74, 6) is 1.66. The summed E-state index contributed by atoms with van der Waals surface area (Å²) in [5, 5.41) is 3.43. The molecule has 3 nitrogen and oxygen atoms in total. The Hall–Kier alpha value is -1.61. The van der Waals surface area contributed by atoms with Gasteiger partial charge in [-0.05, 0) is 31.9 Å². The Morgan fingerprint density at radius 1 is 1.22 bits per heavy atom. The van der Waals surface area contributed by atoms with E-state index in [9.17, 15) is 0 Å². The average molecular weight is 241 g/mol. The zero-order valence-corrected chi connectivity index (χ0v) is 10.7. The number of benzene rings is 1. The van der Waals surface area contributed by atoms with Gasteiger partial charge in [-0.2, -0.15) is 0 Å². The zero-order chi connectivity index (χ0) is 12.4. The van der Waals surface area contributed by atoms with Crippen LogP contribution < -0.4 is 5.32 Å². The van der Waals surface area contributed by atoms with Gasteiger partial charge in [-0.3, -0.25) is 0 Å². The van der Waals surface area contributed by atoms with Gasteiger partial charge >= 0.3 is 0 Å². The second kappa shape index (κ2) is 4.94. The molecule has 2 N–H and O–H groups in total. The molecule has 0 radical (unpaired) electrons. The van der Waals surface area contributed by atoms with Crippen LogP contribution in [0.4, 0.5) is 0 Å². The number of imidazole rings is 1. The quantitative estimate of drug-likeness (QED) is 0.848. The van der Waals surface area contributed by atoms with Gasteiger partial charge in [-0.15, -0.1) is 0 Å². The van der Waals surface area contributed by atoms with Gasteiger partial charge in [0.15, 0.2) is 0 Å². The van der Waals surface area contributed by atoms with Crippen molar-refractivity contribution < 1.29 is 0 Å². The lowest BCUT2D eigenvalue weighted by Gasteiger charge is -2.20. The molecule has 1 atom stereocenters. The summed E-state index contributed by atoms with van der Waals surface area (Å²) in [7, 11) is 0. The molecule has 1 aliphatic heterocycles. The monoisotopic (exact) mass is 241 g/mol. The van der Waals surface area contributed by atoms with Crippen LogP contribution >= 0.6 is 0 Å². The molecule has 1 aromatic heterocycles. The molecule has 1 saturated heterocycles. The molecule has 3 rings (SSSR count). The molecule has 2 heterocycles. The van der Waals surface area contributed by atoms with Crippen LogP contribution in [-0.2, 0) is 0 Å². The molecule has 0 spiro atoms. The van der Waals surface area contributed by atoms with Crippen molar-refractivity contribution >= 4 is 0 Å². The number of nitrogens with zero attached hydrogens (tertiary/aromatic N) is 1. The molecule has 0 aliphatic carbocycles. The highest BCUT2D eigenvalue weighted by Crippen LogP contribution is 2.24. The standard InChI is InChI=1S/C15H19N3/c1-11-4-6-12(7-5-11)14-10-17-15(18-14)13-3-2-8-16-9-13/h4-7,10,13,16H,2-3,8-9H2,1H3,(H,17,18). The maximum atomic E-state index is 4.54. The fourth-order valence-electron chi connectivity index (χ4n) is 2.51. The van der Waals surface area contributed by atoms with Gasteiger partial charge in [0, 0.05) is 12.5 Å². The highest BCUT2D eigenvalue weighted by atomic mass is 15.0. The molecule has 3 heteroatoms. The van der Waals surface area contributed by atoms with E-state index in [1.165, 1.54) is 24.0 Å². The molecule has 0 saturated carbocycles. The Morgan fingerprint density at radius 3 is 2.78 bits per heavy atom. The third kappa shape index (κ3) is 2.31. The van der Waals surface area contributed by atoms with Gasteiger partial charge in [0.05, 0.1) is 11.9 Å². The Balaban J connectivity index is 1.82. The van der Waals surface area contributed by atoms with Crippen LogP contribution in [-0.4, -0.2) is 23.1 Å². The third-order valence-corrected chi connectivity index (χ3v) is 3.64. The van der Waals surface area contributed by atoms with Crippen LogP contribution in [0.5, 0.6) is 0 Å². The Kier molecular flexibility index (Phi) is 3.15. The molecular weight excluding hydrogens is 222 g/mol. The number of hydrogen-bond donors (Lipinski definition) is 2. The summed E-state index contributed by atoms with van der Waals surface area (Å²) in [4.78, 5) is 8.01. The van der Waals surface area contributed by atoms with Gasteiger partial charge in [0.25, 0.3) is 0 Å². The minimum Gasteiger partial charge on any atom is -0.342 e. The number of H-pyrrole nitrogens is 1. The fraction of sp³-hybridized carbons (Fsp3) is 0.400. The normalized spacial score (nSPS) is 19.9. The van der Waals surface area contributed by atoms with Crippen LogP contribution in [0.25, 0.3) is 11.3 Å². The molecule has 18 heavy (non-hydrogen) atoms. The van der Waals surface area contributed by atoms with E-state index in [2.05, 4.69) is 46.5 Å². The van der Waals surface area contributed by atoms with Gasteiger partial charge < -0.3 is 10.3 Å². The van der Waals surface area contributed by atoms with Crippen molar-refractivity contribution in [3.05, 3.63) is 41.9 Å². The van der Waals surface area contributed by atoms with Gasteiger partial charge in [0.1, 0.15) is 5.82 Å². The predicted octanol–water partition coefficient (Wildman–Crippen LogP) is 2.85. The summed E-state index contributed by atoms with van der Waals surface area (Å²) >= 11 is 0. The average Bonchev–Trinajstić information content (AvgIpc) is 2.90. The van der Waals surface area contributed by atoms with Crippen molar-refractivity contribution in [3.63, 3.8) is 0 Å². The number of aromatic amines is 1. The summed E-state index contributed by atoms with van der Waals surface area (Å²) in [6, 6.07) is 8.56. The number of hydrogen-bond acceptors (Lipinski definition) is 2. The minimum atomic E-state index is 0.540. The summed E-state index contributed by atoms with van der Waals surface area (Å²) < 4.78 is 0. The first-order valence-electron chi connectivity index (χ1n) is 6.65. The lowest BCUT2D eigenvalue weighted by molar-refractivity contribution is 0.449. The second-order valence-corrected chi connectivity index (χ2v) is 5.09. The summed E-state index contributed by atoms with van der Waals surface area (Å²) in [6.45, 7) is 4.29. The molecule has 94 valence electrons. The van der Waals surface area contributed by atoms with E-state index in [4.69, 9.17) is 0 Å². The molecule has 1 aromatic carbocycles. The first-order valence-corrected chi connectivity index (χ1v) is 6.65. The first kappa shape index (κ1) is 11.5. The summed E-state index contributed by atoms with van der Waals surface area (Å²) in [6.07, 6.45) is 4.42. The van der Waals surface area contributed by atoms with Crippen molar-refractivity contribution in [1.82, 2.24) is 15.3 Å². The van der Waals surface area contributed by atoms with Crippen molar-refractivity contribution in [2.45, 2.75) is 25.7 Å². The second-order valence-electron chi connectivity index (χ2n) is 5.09. The smallest absolute Gasteiger partial charge is 0.110 e. The van der Waals surface area contributed by atoms with E-state index >= 15 is 0 Å². The predicted molar refractivity (Wildman–Crippen MR) is 73.6 cm³/mol. The molecule has 2 aromatic rings.